The Morgan fingerprint density at radius 2 is 1.87 bits per heavy atom. The Kier molecular flexibility index (Phi) is 6.58. The number of carbonyl (C=O) groups excluding carboxylic acids is 2. The number of pyridine rings is 1. The van der Waals surface area contributed by atoms with Gasteiger partial charge in [0.2, 0.25) is 5.88 Å². The van der Waals surface area contributed by atoms with Crippen molar-refractivity contribution < 1.29 is 14.3 Å². The number of nitrogens with zero attached hydrogens (tertiary/aromatic N) is 4. The lowest BCUT2D eigenvalue weighted by molar-refractivity contribution is -0.123. The minimum absolute atomic E-state index is 0.0263. The van der Waals surface area contributed by atoms with Crippen LogP contribution in [0, 0.1) is 13.8 Å². The molecule has 0 aliphatic rings. The molecule has 31 heavy (non-hydrogen) atoms. The van der Waals surface area contributed by atoms with Gasteiger partial charge in [-0.1, -0.05) is 12.1 Å². The highest BCUT2D eigenvalue weighted by molar-refractivity contribution is 5.94. The Morgan fingerprint density at radius 1 is 1.19 bits per heavy atom. The van der Waals surface area contributed by atoms with Crippen molar-refractivity contribution in [1.29, 1.82) is 0 Å². The summed E-state index contributed by atoms with van der Waals surface area (Å²) in [5.41, 5.74) is 4.15. The molecule has 0 bridgehead atoms. The van der Waals surface area contributed by atoms with E-state index in [0.29, 0.717) is 18.0 Å². The van der Waals surface area contributed by atoms with Crippen molar-refractivity contribution in [3.8, 4) is 5.88 Å². The predicted octanol–water partition coefficient (Wildman–Crippen LogP) is 2.76. The van der Waals surface area contributed by atoms with Crippen molar-refractivity contribution in [2.45, 2.75) is 40.3 Å². The van der Waals surface area contributed by atoms with Crippen LogP contribution in [0.3, 0.4) is 0 Å². The molecule has 2 amide bonds. The molecule has 0 radical (unpaired) electrons. The third kappa shape index (κ3) is 5.02. The molecule has 8 heteroatoms. The summed E-state index contributed by atoms with van der Waals surface area (Å²) in [6.07, 6.45) is 0. The van der Waals surface area contributed by atoms with Crippen molar-refractivity contribution in [1.82, 2.24) is 25.0 Å². The molecule has 3 rings (SSSR count). The molecule has 0 saturated carbocycles. The Labute approximate surface area is 182 Å². The minimum atomic E-state index is -0.253. The Bertz CT molecular complexity index is 1100. The molecule has 0 unspecified atom stereocenters. The second kappa shape index (κ2) is 9.16. The number of carbonyl (C=O) groups is 2. The quantitative estimate of drug-likeness (QED) is 0.631. The van der Waals surface area contributed by atoms with Gasteiger partial charge in [0.1, 0.15) is 0 Å². The maximum absolute atomic E-state index is 12.3. The fraction of sp³-hybridized carbons (Fsp3) is 0.391. The van der Waals surface area contributed by atoms with Crippen molar-refractivity contribution >= 4 is 22.8 Å². The first kappa shape index (κ1) is 22.3. The third-order valence-electron chi connectivity index (χ3n) is 5.21. The van der Waals surface area contributed by atoms with E-state index in [4.69, 9.17) is 4.74 Å². The summed E-state index contributed by atoms with van der Waals surface area (Å²) in [6, 6.07) is 9.32. The largest absolute Gasteiger partial charge is 0.466 e. The van der Waals surface area contributed by atoms with Crippen LogP contribution in [-0.4, -0.2) is 51.2 Å². The van der Waals surface area contributed by atoms with Crippen LogP contribution < -0.4 is 10.1 Å². The van der Waals surface area contributed by atoms with Crippen LogP contribution >= 0.6 is 0 Å². The van der Waals surface area contributed by atoms with E-state index in [0.717, 1.165) is 27.9 Å². The molecule has 8 nitrogen and oxygen atoms in total. The molecule has 1 N–H and O–H groups in total. The predicted molar refractivity (Wildman–Crippen MR) is 119 cm³/mol. The van der Waals surface area contributed by atoms with E-state index in [-0.39, 0.29) is 24.5 Å². The zero-order chi connectivity index (χ0) is 22.7. The van der Waals surface area contributed by atoms with Gasteiger partial charge in [0, 0.05) is 37.9 Å². The van der Waals surface area contributed by atoms with Gasteiger partial charge in [-0.3, -0.25) is 9.59 Å². The molecular formula is C23H29N5O3. The lowest BCUT2D eigenvalue weighted by Gasteiger charge is -2.21. The maximum Gasteiger partial charge on any atom is 0.258 e. The molecule has 0 aliphatic carbocycles. The highest BCUT2D eigenvalue weighted by atomic mass is 16.5. The number of amides is 2. The Morgan fingerprint density at radius 3 is 2.52 bits per heavy atom. The van der Waals surface area contributed by atoms with Crippen LogP contribution in [0.5, 0.6) is 5.88 Å². The number of hydrogen-bond donors (Lipinski definition) is 1. The number of aryl methyl sites for hydroxylation is 3. The smallest absolute Gasteiger partial charge is 0.258 e. The van der Waals surface area contributed by atoms with Gasteiger partial charge >= 0.3 is 0 Å². The third-order valence-corrected chi connectivity index (χ3v) is 5.21. The van der Waals surface area contributed by atoms with Gasteiger partial charge in [0.15, 0.2) is 12.3 Å². The van der Waals surface area contributed by atoms with Gasteiger partial charge in [-0.05, 0) is 57.0 Å². The van der Waals surface area contributed by atoms with E-state index >= 15 is 0 Å². The first-order valence-electron chi connectivity index (χ1n) is 10.2. The summed E-state index contributed by atoms with van der Waals surface area (Å²) < 4.78 is 7.33. The topological polar surface area (TPSA) is 89.4 Å². The zero-order valence-corrected chi connectivity index (χ0v) is 18.9. The number of nitrogens with one attached hydrogen (secondary N) is 1. The summed E-state index contributed by atoms with van der Waals surface area (Å²) >= 11 is 0. The molecule has 164 valence electrons. The Balaban J connectivity index is 1.57. The van der Waals surface area contributed by atoms with Gasteiger partial charge in [0.25, 0.3) is 11.8 Å². The number of rotatable bonds is 7. The lowest BCUT2D eigenvalue weighted by atomic mass is 10.1. The van der Waals surface area contributed by atoms with Crippen molar-refractivity contribution in [2.75, 3.05) is 13.7 Å². The minimum Gasteiger partial charge on any atom is -0.466 e. The van der Waals surface area contributed by atoms with Crippen molar-refractivity contribution in [2.24, 2.45) is 7.05 Å². The summed E-state index contributed by atoms with van der Waals surface area (Å²) in [6.45, 7) is 8.04. The number of aromatic nitrogens is 3. The van der Waals surface area contributed by atoms with Crippen molar-refractivity contribution in [3.05, 3.63) is 52.7 Å². The zero-order valence-electron chi connectivity index (χ0n) is 18.9. The molecule has 0 aliphatic heterocycles. The molecule has 2 aromatic heterocycles. The van der Waals surface area contributed by atoms with Gasteiger partial charge in [-0.15, -0.1) is 5.10 Å². The molecule has 0 atom stereocenters. The summed E-state index contributed by atoms with van der Waals surface area (Å²) in [5, 5.41) is 7.99. The fourth-order valence-corrected chi connectivity index (χ4v) is 3.24. The normalized spacial score (nSPS) is 11.1. The van der Waals surface area contributed by atoms with Crippen molar-refractivity contribution in [3.63, 3.8) is 0 Å². The second-order valence-corrected chi connectivity index (χ2v) is 7.98. The van der Waals surface area contributed by atoms with E-state index in [1.165, 1.54) is 0 Å². The van der Waals surface area contributed by atoms with E-state index in [2.05, 4.69) is 15.4 Å². The first-order valence-corrected chi connectivity index (χ1v) is 10.2. The van der Waals surface area contributed by atoms with Crippen LogP contribution in [0.2, 0.25) is 0 Å². The van der Waals surface area contributed by atoms with E-state index < -0.39 is 0 Å². The maximum atomic E-state index is 12.3. The molecule has 0 saturated heterocycles. The van der Waals surface area contributed by atoms with Crippen LogP contribution in [0.1, 0.15) is 41.0 Å². The van der Waals surface area contributed by atoms with E-state index in [1.54, 1.807) is 35.8 Å². The molecule has 1 aromatic carbocycles. The number of ether oxygens (including phenoxy) is 1. The average molecular weight is 424 g/mol. The summed E-state index contributed by atoms with van der Waals surface area (Å²) in [7, 11) is 3.58. The standard InChI is InChI=1S/C23H29N5O3/c1-14(2)27(5)23(30)18-9-7-17(8-10-18)12-24-19(29)13-31-22-20-15(3)11-16(4)25-21(20)28(6)26-22/h7-11,14H,12-13H2,1-6H3,(H,24,29). The first-order chi connectivity index (χ1) is 14.7. The average Bonchev–Trinajstić information content (AvgIpc) is 3.05. The van der Waals surface area contributed by atoms with E-state index in [9.17, 15) is 9.59 Å². The second-order valence-electron chi connectivity index (χ2n) is 7.98. The van der Waals surface area contributed by atoms with Crippen LogP contribution in [0.15, 0.2) is 30.3 Å². The Hall–Kier alpha value is -3.42. The fourth-order valence-electron chi connectivity index (χ4n) is 3.24. The van der Waals surface area contributed by atoms with Gasteiger partial charge in [-0.2, -0.15) is 0 Å². The number of hydrogen-bond acceptors (Lipinski definition) is 5. The molecule has 0 fully saturated rings. The number of fused-ring (bicyclic) bond motifs is 1. The summed E-state index contributed by atoms with van der Waals surface area (Å²) in [4.78, 5) is 30.8. The lowest BCUT2D eigenvalue weighted by Crippen LogP contribution is -2.33. The van der Waals surface area contributed by atoms with E-state index in [1.807, 2.05) is 45.9 Å². The van der Waals surface area contributed by atoms with Gasteiger partial charge in [0.05, 0.1) is 5.39 Å². The van der Waals surface area contributed by atoms with Gasteiger partial charge in [-0.25, -0.2) is 9.67 Å². The molecule has 0 spiro atoms. The monoisotopic (exact) mass is 423 g/mol. The number of benzene rings is 1. The van der Waals surface area contributed by atoms with Crippen LogP contribution in [0.4, 0.5) is 0 Å². The van der Waals surface area contributed by atoms with Crippen LogP contribution in [-0.2, 0) is 18.4 Å². The molecular weight excluding hydrogens is 394 g/mol. The highest BCUT2D eigenvalue weighted by Gasteiger charge is 2.16. The molecule has 3 aromatic rings. The summed E-state index contributed by atoms with van der Waals surface area (Å²) in [5.74, 6) is 0.118. The van der Waals surface area contributed by atoms with Gasteiger partial charge < -0.3 is 15.0 Å². The molecule has 2 heterocycles. The SMILES string of the molecule is Cc1cc(C)c2c(OCC(=O)NCc3ccc(C(=O)N(C)C(C)C)cc3)nn(C)c2n1. The highest BCUT2D eigenvalue weighted by Crippen LogP contribution is 2.26. The van der Waals surface area contributed by atoms with Crippen LogP contribution in [0.25, 0.3) is 11.0 Å².